The molecule has 4 bridgehead atoms. The van der Waals surface area contributed by atoms with Crippen molar-refractivity contribution in [1.82, 2.24) is 5.32 Å². The molecule has 0 unspecified atom stereocenters. The summed E-state index contributed by atoms with van der Waals surface area (Å²) in [5, 5.41) is 13.1. The SMILES string of the molecule is COc1ccc(O)c(CNC(=O)C23CC4CC(CC(C4)C2)C3)c1. The summed E-state index contributed by atoms with van der Waals surface area (Å²) < 4.78 is 5.19. The van der Waals surface area contributed by atoms with Crippen LogP contribution in [0.2, 0.25) is 0 Å². The Labute approximate surface area is 137 Å². The monoisotopic (exact) mass is 315 g/mol. The Morgan fingerprint density at radius 3 is 2.39 bits per heavy atom. The van der Waals surface area contributed by atoms with E-state index in [2.05, 4.69) is 5.32 Å². The molecular weight excluding hydrogens is 290 g/mol. The lowest BCUT2D eigenvalue weighted by molar-refractivity contribution is -0.146. The first kappa shape index (κ1) is 14.9. The largest absolute Gasteiger partial charge is 0.508 e. The standard InChI is InChI=1S/C19H25NO3/c1-23-16-2-3-17(21)15(7-16)11-20-18(22)19-8-12-4-13(9-19)6-14(5-12)10-19/h2-3,7,12-14,21H,4-6,8-11H2,1H3,(H,20,22). The van der Waals surface area contributed by atoms with Crippen molar-refractivity contribution in [3.05, 3.63) is 23.8 Å². The van der Waals surface area contributed by atoms with Crippen LogP contribution < -0.4 is 10.1 Å². The number of hydrogen-bond donors (Lipinski definition) is 2. The average molecular weight is 315 g/mol. The molecule has 0 aliphatic heterocycles. The number of methoxy groups -OCH3 is 1. The van der Waals surface area contributed by atoms with Crippen molar-refractivity contribution < 1.29 is 14.6 Å². The molecule has 4 nitrogen and oxygen atoms in total. The number of phenols is 1. The van der Waals surface area contributed by atoms with Gasteiger partial charge in [0.05, 0.1) is 7.11 Å². The molecule has 23 heavy (non-hydrogen) atoms. The Kier molecular flexibility index (Phi) is 3.51. The van der Waals surface area contributed by atoms with Gasteiger partial charge in [0.1, 0.15) is 11.5 Å². The first-order chi connectivity index (χ1) is 11.1. The molecule has 0 radical (unpaired) electrons. The maximum atomic E-state index is 12.9. The van der Waals surface area contributed by atoms with Crippen LogP contribution in [-0.4, -0.2) is 18.1 Å². The summed E-state index contributed by atoms with van der Waals surface area (Å²) in [5.41, 5.74) is 0.575. The summed E-state index contributed by atoms with van der Waals surface area (Å²) in [4.78, 5) is 12.9. The second-order valence-electron chi connectivity index (χ2n) is 7.88. The number of amides is 1. The first-order valence-corrected chi connectivity index (χ1v) is 8.72. The molecule has 5 rings (SSSR count). The molecule has 4 saturated carbocycles. The van der Waals surface area contributed by atoms with Gasteiger partial charge in [-0.3, -0.25) is 4.79 Å². The number of aromatic hydroxyl groups is 1. The van der Waals surface area contributed by atoms with Crippen LogP contribution in [-0.2, 0) is 11.3 Å². The zero-order valence-corrected chi connectivity index (χ0v) is 13.7. The third-order valence-corrected chi connectivity index (χ3v) is 6.25. The van der Waals surface area contributed by atoms with Gasteiger partial charge in [0.15, 0.2) is 0 Å². The number of carbonyl (C=O) groups is 1. The third-order valence-electron chi connectivity index (χ3n) is 6.25. The van der Waals surface area contributed by atoms with Gasteiger partial charge in [-0.1, -0.05) is 0 Å². The van der Waals surface area contributed by atoms with E-state index in [4.69, 9.17) is 4.74 Å². The Balaban J connectivity index is 1.46. The van der Waals surface area contributed by atoms with Gasteiger partial charge in [0.2, 0.25) is 5.91 Å². The van der Waals surface area contributed by atoms with Crippen LogP contribution >= 0.6 is 0 Å². The van der Waals surface area contributed by atoms with Crippen LogP contribution in [0.5, 0.6) is 11.5 Å². The predicted molar refractivity (Wildman–Crippen MR) is 87.1 cm³/mol. The zero-order chi connectivity index (χ0) is 16.0. The molecule has 2 N–H and O–H groups in total. The van der Waals surface area contributed by atoms with Crippen molar-refractivity contribution >= 4 is 5.91 Å². The lowest BCUT2D eigenvalue weighted by Gasteiger charge is -2.55. The molecule has 4 fully saturated rings. The second-order valence-corrected chi connectivity index (χ2v) is 7.88. The van der Waals surface area contributed by atoms with Gasteiger partial charge in [-0.2, -0.15) is 0 Å². The van der Waals surface area contributed by atoms with E-state index >= 15 is 0 Å². The molecule has 0 atom stereocenters. The number of phenolic OH excluding ortho intramolecular Hbond substituents is 1. The molecule has 124 valence electrons. The Morgan fingerprint density at radius 1 is 1.22 bits per heavy atom. The first-order valence-electron chi connectivity index (χ1n) is 8.72. The van der Waals surface area contributed by atoms with Crippen molar-refractivity contribution in [2.75, 3.05) is 7.11 Å². The molecule has 1 amide bonds. The van der Waals surface area contributed by atoms with E-state index < -0.39 is 0 Å². The molecule has 0 heterocycles. The van der Waals surface area contributed by atoms with Crippen LogP contribution in [0.25, 0.3) is 0 Å². The second kappa shape index (κ2) is 5.43. The topological polar surface area (TPSA) is 58.6 Å². The van der Waals surface area contributed by atoms with Crippen molar-refractivity contribution in [3.63, 3.8) is 0 Å². The molecular formula is C19H25NO3. The van der Waals surface area contributed by atoms with E-state index in [1.165, 1.54) is 19.3 Å². The maximum Gasteiger partial charge on any atom is 0.226 e. The van der Waals surface area contributed by atoms with E-state index in [0.717, 1.165) is 37.0 Å². The highest BCUT2D eigenvalue weighted by molar-refractivity contribution is 5.83. The molecule has 1 aromatic rings. The minimum Gasteiger partial charge on any atom is -0.508 e. The number of hydrogen-bond acceptors (Lipinski definition) is 3. The minimum atomic E-state index is -0.136. The summed E-state index contributed by atoms with van der Waals surface area (Å²) in [7, 11) is 1.60. The highest BCUT2D eigenvalue weighted by Crippen LogP contribution is 2.60. The summed E-state index contributed by atoms with van der Waals surface area (Å²) >= 11 is 0. The van der Waals surface area contributed by atoms with Crippen LogP contribution in [0.3, 0.4) is 0 Å². The van der Waals surface area contributed by atoms with Gasteiger partial charge in [0, 0.05) is 17.5 Å². The van der Waals surface area contributed by atoms with Crippen LogP contribution in [0.1, 0.15) is 44.1 Å². The molecule has 0 aromatic heterocycles. The van der Waals surface area contributed by atoms with E-state index in [9.17, 15) is 9.90 Å². The number of rotatable bonds is 4. The highest BCUT2D eigenvalue weighted by atomic mass is 16.5. The highest BCUT2D eigenvalue weighted by Gasteiger charge is 2.54. The third kappa shape index (κ3) is 2.58. The summed E-state index contributed by atoms with van der Waals surface area (Å²) in [6.45, 7) is 0.365. The van der Waals surface area contributed by atoms with Crippen molar-refractivity contribution in [2.45, 2.75) is 45.1 Å². The van der Waals surface area contributed by atoms with Crippen LogP contribution in [0.15, 0.2) is 18.2 Å². The molecule has 0 saturated heterocycles. The van der Waals surface area contributed by atoms with Gasteiger partial charge in [-0.05, 0) is 74.5 Å². The predicted octanol–water partition coefficient (Wildman–Crippen LogP) is 3.23. The Bertz CT molecular complexity index is 590. The van der Waals surface area contributed by atoms with E-state index in [1.807, 2.05) is 0 Å². The normalized spacial score (nSPS) is 34.4. The number of nitrogens with one attached hydrogen (secondary N) is 1. The average Bonchev–Trinajstić information content (AvgIpc) is 2.52. The maximum absolute atomic E-state index is 12.9. The van der Waals surface area contributed by atoms with Gasteiger partial charge in [0.25, 0.3) is 0 Å². The Morgan fingerprint density at radius 2 is 1.83 bits per heavy atom. The fraction of sp³-hybridized carbons (Fsp3) is 0.632. The van der Waals surface area contributed by atoms with Gasteiger partial charge in [-0.25, -0.2) is 0 Å². The molecule has 4 heteroatoms. The van der Waals surface area contributed by atoms with E-state index in [0.29, 0.717) is 17.9 Å². The molecule has 1 aromatic carbocycles. The summed E-state index contributed by atoms with van der Waals surface area (Å²) in [6, 6.07) is 5.13. The molecule has 4 aliphatic carbocycles. The quantitative estimate of drug-likeness (QED) is 0.897. The zero-order valence-electron chi connectivity index (χ0n) is 13.7. The lowest BCUT2D eigenvalue weighted by Crippen LogP contribution is -2.53. The van der Waals surface area contributed by atoms with Crippen molar-refractivity contribution in [2.24, 2.45) is 23.2 Å². The fourth-order valence-corrected chi connectivity index (χ4v) is 5.58. The molecule has 0 spiro atoms. The van der Waals surface area contributed by atoms with E-state index in [1.54, 1.807) is 25.3 Å². The fourth-order valence-electron chi connectivity index (χ4n) is 5.58. The van der Waals surface area contributed by atoms with Crippen molar-refractivity contribution in [3.8, 4) is 11.5 Å². The smallest absolute Gasteiger partial charge is 0.226 e. The van der Waals surface area contributed by atoms with Gasteiger partial charge < -0.3 is 15.2 Å². The number of carbonyl (C=O) groups excluding carboxylic acids is 1. The molecule has 4 aliphatic rings. The van der Waals surface area contributed by atoms with Gasteiger partial charge >= 0.3 is 0 Å². The van der Waals surface area contributed by atoms with E-state index in [-0.39, 0.29) is 17.1 Å². The van der Waals surface area contributed by atoms with Crippen LogP contribution in [0.4, 0.5) is 0 Å². The number of benzene rings is 1. The summed E-state index contributed by atoms with van der Waals surface area (Å²) in [5.74, 6) is 3.38. The minimum absolute atomic E-state index is 0.136. The van der Waals surface area contributed by atoms with Crippen molar-refractivity contribution in [1.29, 1.82) is 0 Å². The summed E-state index contributed by atoms with van der Waals surface area (Å²) in [6.07, 6.45) is 7.20. The van der Waals surface area contributed by atoms with Gasteiger partial charge in [-0.15, -0.1) is 0 Å². The number of ether oxygens (including phenoxy) is 1. The lowest BCUT2D eigenvalue weighted by atomic mass is 9.49. The Hall–Kier alpha value is -1.71. The van der Waals surface area contributed by atoms with Crippen LogP contribution in [0, 0.1) is 23.2 Å².